The molecule has 1 aromatic rings. The number of carboxylic acids is 1. The van der Waals surface area contributed by atoms with E-state index in [-0.39, 0.29) is 0 Å². The summed E-state index contributed by atoms with van der Waals surface area (Å²) in [7, 11) is 4.08. The number of aromatic nitrogens is 1. The largest absolute Gasteiger partial charge is 0.478 e. The summed E-state index contributed by atoms with van der Waals surface area (Å²) < 4.78 is 0. The van der Waals surface area contributed by atoms with Crippen molar-refractivity contribution in [1.29, 1.82) is 0 Å². The second-order valence-electron chi connectivity index (χ2n) is 5.38. The molecule has 0 radical (unpaired) electrons. The Bertz CT molecular complexity index is 474. The predicted octanol–water partition coefficient (Wildman–Crippen LogP) is 1.62. The summed E-state index contributed by atoms with van der Waals surface area (Å²) in [6, 6.07) is 3.76. The summed E-state index contributed by atoms with van der Waals surface area (Å²) in [6.07, 6.45) is 2.18. The zero-order valence-corrected chi connectivity index (χ0v) is 11.8. The standard InChI is InChI=1S/C14H21N3O2/c1-10-6-7-12(14(18)19)13(15-10)17-8-4-5-11(17)9-16(2)3/h6-7,11H,4-5,8-9H2,1-3H3,(H,18,19). The van der Waals surface area contributed by atoms with E-state index in [1.165, 1.54) is 0 Å². The van der Waals surface area contributed by atoms with E-state index in [1.54, 1.807) is 12.1 Å². The van der Waals surface area contributed by atoms with Crippen LogP contribution in [0.4, 0.5) is 5.82 Å². The number of hydrogen-bond acceptors (Lipinski definition) is 4. The van der Waals surface area contributed by atoms with Gasteiger partial charge in [-0.1, -0.05) is 0 Å². The van der Waals surface area contributed by atoms with Crippen LogP contribution in [0.3, 0.4) is 0 Å². The third-order valence-corrected chi connectivity index (χ3v) is 3.47. The molecule has 1 aliphatic heterocycles. The van der Waals surface area contributed by atoms with Gasteiger partial charge in [0.25, 0.3) is 0 Å². The first-order valence-corrected chi connectivity index (χ1v) is 6.61. The molecule has 104 valence electrons. The van der Waals surface area contributed by atoms with E-state index in [4.69, 9.17) is 0 Å². The highest BCUT2D eigenvalue weighted by molar-refractivity contribution is 5.93. The Kier molecular flexibility index (Phi) is 4.04. The number of pyridine rings is 1. The molecule has 0 bridgehead atoms. The number of carbonyl (C=O) groups is 1. The van der Waals surface area contributed by atoms with Crippen molar-refractivity contribution in [3.63, 3.8) is 0 Å². The normalized spacial score (nSPS) is 19.2. The van der Waals surface area contributed by atoms with Crippen LogP contribution >= 0.6 is 0 Å². The lowest BCUT2D eigenvalue weighted by molar-refractivity contribution is 0.0697. The molecule has 2 heterocycles. The Balaban J connectivity index is 2.34. The second-order valence-corrected chi connectivity index (χ2v) is 5.38. The lowest BCUT2D eigenvalue weighted by atomic mass is 10.2. The van der Waals surface area contributed by atoms with Gasteiger partial charge in [-0.05, 0) is 46.0 Å². The summed E-state index contributed by atoms with van der Waals surface area (Å²) in [5.41, 5.74) is 1.16. The van der Waals surface area contributed by atoms with Gasteiger partial charge in [-0.3, -0.25) is 0 Å². The molecule has 0 spiro atoms. The molecule has 0 amide bonds. The van der Waals surface area contributed by atoms with Crippen LogP contribution in [-0.2, 0) is 0 Å². The third-order valence-electron chi connectivity index (χ3n) is 3.47. The lowest BCUT2D eigenvalue weighted by Gasteiger charge is -2.29. The minimum Gasteiger partial charge on any atom is -0.478 e. The van der Waals surface area contributed by atoms with Crippen molar-refractivity contribution in [2.75, 3.05) is 32.1 Å². The third kappa shape index (κ3) is 3.04. The fourth-order valence-corrected chi connectivity index (χ4v) is 2.65. The van der Waals surface area contributed by atoms with Gasteiger partial charge in [0.15, 0.2) is 0 Å². The van der Waals surface area contributed by atoms with Gasteiger partial charge in [-0.25, -0.2) is 9.78 Å². The van der Waals surface area contributed by atoms with Crippen molar-refractivity contribution in [2.24, 2.45) is 0 Å². The Morgan fingerprint density at radius 3 is 2.89 bits per heavy atom. The monoisotopic (exact) mass is 263 g/mol. The second kappa shape index (κ2) is 5.57. The van der Waals surface area contributed by atoms with Crippen LogP contribution in [0.25, 0.3) is 0 Å². The fraction of sp³-hybridized carbons (Fsp3) is 0.571. The highest BCUT2D eigenvalue weighted by atomic mass is 16.4. The Labute approximate surface area is 113 Å². The number of nitrogens with zero attached hydrogens (tertiary/aromatic N) is 3. The summed E-state index contributed by atoms with van der Waals surface area (Å²) >= 11 is 0. The molecule has 1 saturated heterocycles. The van der Waals surface area contributed by atoms with Gasteiger partial charge in [0.1, 0.15) is 11.4 Å². The van der Waals surface area contributed by atoms with Crippen LogP contribution < -0.4 is 4.90 Å². The highest BCUT2D eigenvalue weighted by Crippen LogP contribution is 2.27. The summed E-state index contributed by atoms with van der Waals surface area (Å²) in [5, 5.41) is 9.31. The maximum absolute atomic E-state index is 11.3. The molecule has 1 atom stereocenters. The molecule has 19 heavy (non-hydrogen) atoms. The van der Waals surface area contributed by atoms with Crippen LogP contribution in [0, 0.1) is 6.92 Å². The molecule has 1 unspecified atom stereocenters. The number of likely N-dealkylation sites (N-methyl/N-ethyl adjacent to an activating group) is 1. The Morgan fingerprint density at radius 1 is 1.53 bits per heavy atom. The van der Waals surface area contributed by atoms with Gasteiger partial charge in [0.05, 0.1) is 0 Å². The molecule has 0 aromatic carbocycles. The molecule has 1 aromatic heterocycles. The molecule has 0 saturated carbocycles. The number of aromatic carboxylic acids is 1. The van der Waals surface area contributed by atoms with Gasteiger partial charge in [-0.2, -0.15) is 0 Å². The zero-order chi connectivity index (χ0) is 14.0. The molecule has 2 rings (SSSR count). The lowest BCUT2D eigenvalue weighted by Crippen LogP contribution is -2.38. The van der Waals surface area contributed by atoms with Crippen molar-refractivity contribution >= 4 is 11.8 Å². The summed E-state index contributed by atoms with van der Waals surface area (Å²) in [4.78, 5) is 20.1. The topological polar surface area (TPSA) is 56.7 Å². The van der Waals surface area contributed by atoms with Crippen LogP contribution in [0.2, 0.25) is 0 Å². The van der Waals surface area contributed by atoms with Crippen molar-refractivity contribution in [3.05, 3.63) is 23.4 Å². The van der Waals surface area contributed by atoms with Crippen molar-refractivity contribution in [3.8, 4) is 0 Å². The number of hydrogen-bond donors (Lipinski definition) is 1. The zero-order valence-electron chi connectivity index (χ0n) is 11.8. The SMILES string of the molecule is Cc1ccc(C(=O)O)c(N2CCCC2CN(C)C)n1. The average molecular weight is 263 g/mol. The van der Waals surface area contributed by atoms with E-state index in [0.29, 0.717) is 17.4 Å². The van der Waals surface area contributed by atoms with Gasteiger partial charge in [0, 0.05) is 24.8 Å². The van der Waals surface area contributed by atoms with Crippen molar-refractivity contribution < 1.29 is 9.90 Å². The molecule has 5 nitrogen and oxygen atoms in total. The molecule has 1 aliphatic rings. The van der Waals surface area contributed by atoms with Crippen molar-refractivity contribution in [1.82, 2.24) is 9.88 Å². The van der Waals surface area contributed by atoms with Gasteiger partial charge in [0.2, 0.25) is 0 Å². The minimum atomic E-state index is -0.905. The first-order chi connectivity index (χ1) is 8.99. The number of carboxylic acid groups (broad SMARTS) is 1. The first-order valence-electron chi connectivity index (χ1n) is 6.61. The van der Waals surface area contributed by atoms with Crippen LogP contribution in [0.1, 0.15) is 28.9 Å². The average Bonchev–Trinajstić information content (AvgIpc) is 2.75. The molecule has 1 N–H and O–H groups in total. The van der Waals surface area contributed by atoms with E-state index in [2.05, 4.69) is 14.8 Å². The molecule has 1 fully saturated rings. The maximum Gasteiger partial charge on any atom is 0.339 e. The van der Waals surface area contributed by atoms with Crippen LogP contribution in [-0.4, -0.2) is 54.2 Å². The Hall–Kier alpha value is -1.62. The Morgan fingerprint density at radius 2 is 2.26 bits per heavy atom. The predicted molar refractivity (Wildman–Crippen MR) is 74.9 cm³/mol. The number of rotatable bonds is 4. The smallest absolute Gasteiger partial charge is 0.339 e. The fourth-order valence-electron chi connectivity index (χ4n) is 2.65. The van der Waals surface area contributed by atoms with Crippen LogP contribution in [0.15, 0.2) is 12.1 Å². The van der Waals surface area contributed by atoms with E-state index >= 15 is 0 Å². The maximum atomic E-state index is 11.3. The van der Waals surface area contributed by atoms with E-state index in [1.807, 2.05) is 21.0 Å². The molecule has 5 heteroatoms. The number of anilines is 1. The quantitative estimate of drug-likeness (QED) is 0.894. The van der Waals surface area contributed by atoms with E-state index in [0.717, 1.165) is 31.6 Å². The van der Waals surface area contributed by atoms with Gasteiger partial charge < -0.3 is 14.9 Å². The first kappa shape index (κ1) is 13.8. The van der Waals surface area contributed by atoms with E-state index in [9.17, 15) is 9.90 Å². The highest BCUT2D eigenvalue weighted by Gasteiger charge is 2.29. The minimum absolute atomic E-state index is 0.302. The molecular formula is C14H21N3O2. The number of aryl methyl sites for hydroxylation is 1. The van der Waals surface area contributed by atoms with E-state index < -0.39 is 5.97 Å². The molecule has 0 aliphatic carbocycles. The van der Waals surface area contributed by atoms with Gasteiger partial charge >= 0.3 is 5.97 Å². The van der Waals surface area contributed by atoms with Gasteiger partial charge in [-0.15, -0.1) is 0 Å². The van der Waals surface area contributed by atoms with Crippen molar-refractivity contribution in [2.45, 2.75) is 25.8 Å². The summed E-state index contributed by atoms with van der Waals surface area (Å²) in [6.45, 7) is 3.70. The van der Waals surface area contributed by atoms with Crippen LogP contribution in [0.5, 0.6) is 0 Å². The molecular weight excluding hydrogens is 242 g/mol. The summed E-state index contributed by atoms with van der Waals surface area (Å²) in [5.74, 6) is -0.283.